The van der Waals surface area contributed by atoms with E-state index in [0.717, 1.165) is 16.5 Å². The first-order valence-corrected chi connectivity index (χ1v) is 8.83. The van der Waals surface area contributed by atoms with E-state index in [2.05, 4.69) is 0 Å². The number of carbonyl (C=O) groups excluding carboxylic acids is 2. The van der Waals surface area contributed by atoms with Crippen molar-refractivity contribution < 1.29 is 14.7 Å². The predicted molar refractivity (Wildman–Crippen MR) is 105 cm³/mol. The molecule has 2 amide bonds. The van der Waals surface area contributed by atoms with Crippen molar-refractivity contribution in [2.45, 2.75) is 0 Å². The molecule has 1 heterocycles. The Morgan fingerprint density at radius 1 is 0.889 bits per heavy atom. The van der Waals surface area contributed by atoms with Gasteiger partial charge >= 0.3 is 0 Å². The van der Waals surface area contributed by atoms with Crippen LogP contribution in [0.1, 0.15) is 20.7 Å². The highest BCUT2D eigenvalue weighted by molar-refractivity contribution is 6.26. The minimum absolute atomic E-state index is 0.170. The first-order chi connectivity index (χ1) is 13.0. The fraction of sp³-hybridized carbons (Fsp3) is 0.182. The Morgan fingerprint density at radius 3 is 2.37 bits per heavy atom. The summed E-state index contributed by atoms with van der Waals surface area (Å²) >= 11 is 0. The van der Waals surface area contributed by atoms with E-state index in [9.17, 15) is 14.7 Å². The Bertz CT molecular complexity index is 1070. The van der Waals surface area contributed by atoms with Crippen LogP contribution in [-0.2, 0) is 0 Å². The van der Waals surface area contributed by atoms with E-state index in [4.69, 9.17) is 0 Å². The Morgan fingerprint density at radius 2 is 1.63 bits per heavy atom. The maximum Gasteiger partial charge on any atom is 0.261 e. The summed E-state index contributed by atoms with van der Waals surface area (Å²) in [7, 11) is 3.82. The van der Waals surface area contributed by atoms with Gasteiger partial charge in [0.1, 0.15) is 5.75 Å². The number of carbonyl (C=O) groups is 2. The lowest BCUT2D eigenvalue weighted by atomic mass is 9.90. The van der Waals surface area contributed by atoms with Crippen molar-refractivity contribution in [2.75, 3.05) is 27.2 Å². The third-order valence-electron chi connectivity index (χ3n) is 4.88. The number of imide groups is 1. The molecule has 0 radical (unpaired) electrons. The standard InChI is InChI=1S/C22H20N2O3/c1-23(2)9-10-24-21(26)18-8-4-6-15-11-16(13-19(20(15)18)22(24)27)14-5-3-7-17(25)12-14/h3-8,11-13,25H,9-10H2,1-2H3. The summed E-state index contributed by atoms with van der Waals surface area (Å²) in [5.41, 5.74) is 2.74. The smallest absolute Gasteiger partial charge is 0.261 e. The van der Waals surface area contributed by atoms with Gasteiger partial charge in [0.05, 0.1) is 0 Å². The zero-order chi connectivity index (χ0) is 19.1. The molecule has 0 aromatic heterocycles. The molecular formula is C22H20N2O3. The lowest BCUT2D eigenvalue weighted by molar-refractivity contribution is 0.0601. The minimum Gasteiger partial charge on any atom is -0.508 e. The van der Waals surface area contributed by atoms with Crippen molar-refractivity contribution in [1.29, 1.82) is 0 Å². The van der Waals surface area contributed by atoms with Crippen LogP contribution < -0.4 is 0 Å². The van der Waals surface area contributed by atoms with Crippen molar-refractivity contribution in [1.82, 2.24) is 9.80 Å². The van der Waals surface area contributed by atoms with Crippen LogP contribution in [0.25, 0.3) is 21.9 Å². The first kappa shape index (κ1) is 17.2. The maximum atomic E-state index is 13.1. The second-order valence-electron chi connectivity index (χ2n) is 7.04. The van der Waals surface area contributed by atoms with Crippen LogP contribution in [0.5, 0.6) is 5.75 Å². The number of likely N-dealkylation sites (N-methyl/N-ethyl adjacent to an activating group) is 1. The molecule has 3 aromatic rings. The molecule has 4 rings (SSSR count). The van der Waals surface area contributed by atoms with E-state index in [1.54, 1.807) is 24.3 Å². The SMILES string of the molecule is CN(C)CCN1C(=O)c2cccc3cc(-c4cccc(O)c4)cc(c23)C1=O. The average molecular weight is 360 g/mol. The lowest BCUT2D eigenvalue weighted by Crippen LogP contribution is -2.43. The Kier molecular flexibility index (Phi) is 4.16. The highest BCUT2D eigenvalue weighted by Crippen LogP contribution is 2.35. The van der Waals surface area contributed by atoms with Crippen LogP contribution >= 0.6 is 0 Å². The fourth-order valence-electron chi connectivity index (χ4n) is 3.51. The zero-order valence-corrected chi connectivity index (χ0v) is 15.3. The third kappa shape index (κ3) is 2.96. The van der Waals surface area contributed by atoms with E-state index in [0.29, 0.717) is 29.6 Å². The first-order valence-electron chi connectivity index (χ1n) is 8.83. The molecule has 0 saturated carbocycles. The van der Waals surface area contributed by atoms with Gasteiger partial charge in [-0.25, -0.2) is 0 Å². The summed E-state index contributed by atoms with van der Waals surface area (Å²) in [6.07, 6.45) is 0. The number of phenols is 1. The Balaban J connectivity index is 1.89. The molecule has 27 heavy (non-hydrogen) atoms. The largest absolute Gasteiger partial charge is 0.508 e. The predicted octanol–water partition coefficient (Wildman–Crippen LogP) is 3.37. The molecule has 3 aromatic carbocycles. The van der Waals surface area contributed by atoms with Gasteiger partial charge in [0.2, 0.25) is 0 Å². The summed E-state index contributed by atoms with van der Waals surface area (Å²) in [5.74, 6) is -0.346. The highest BCUT2D eigenvalue weighted by atomic mass is 16.3. The Hall–Kier alpha value is -3.18. The van der Waals surface area contributed by atoms with E-state index in [1.165, 1.54) is 4.90 Å². The molecule has 5 heteroatoms. The lowest BCUT2D eigenvalue weighted by Gasteiger charge is -2.28. The molecule has 0 saturated heterocycles. The van der Waals surface area contributed by atoms with Gasteiger partial charge in [-0.1, -0.05) is 24.3 Å². The second-order valence-corrected chi connectivity index (χ2v) is 7.04. The molecule has 0 bridgehead atoms. The molecule has 136 valence electrons. The number of benzene rings is 3. The van der Waals surface area contributed by atoms with Crippen molar-refractivity contribution in [3.8, 4) is 16.9 Å². The van der Waals surface area contributed by atoms with E-state index >= 15 is 0 Å². The molecule has 0 unspecified atom stereocenters. The number of rotatable bonds is 4. The second kappa shape index (κ2) is 6.52. The number of amides is 2. The number of hydrogen-bond donors (Lipinski definition) is 1. The monoisotopic (exact) mass is 360 g/mol. The molecule has 0 atom stereocenters. The van der Waals surface area contributed by atoms with Crippen LogP contribution in [0, 0.1) is 0 Å². The summed E-state index contributed by atoms with van der Waals surface area (Å²) < 4.78 is 0. The van der Waals surface area contributed by atoms with Crippen LogP contribution in [0.3, 0.4) is 0 Å². The molecule has 1 aliphatic rings. The maximum absolute atomic E-state index is 13.1. The van der Waals surface area contributed by atoms with Crippen LogP contribution in [0.2, 0.25) is 0 Å². The highest BCUT2D eigenvalue weighted by Gasteiger charge is 2.32. The normalized spacial score (nSPS) is 13.7. The van der Waals surface area contributed by atoms with Gasteiger partial charge in [0, 0.05) is 29.6 Å². The average Bonchev–Trinajstić information content (AvgIpc) is 2.65. The van der Waals surface area contributed by atoms with Crippen LogP contribution in [-0.4, -0.2) is 53.9 Å². The molecule has 0 spiro atoms. The van der Waals surface area contributed by atoms with Crippen LogP contribution in [0.4, 0.5) is 0 Å². The molecule has 1 N–H and O–H groups in total. The van der Waals surface area contributed by atoms with Crippen LogP contribution in [0.15, 0.2) is 54.6 Å². The molecule has 1 aliphatic heterocycles. The van der Waals surface area contributed by atoms with Gasteiger partial charge in [0.25, 0.3) is 11.8 Å². The molecular weight excluding hydrogens is 340 g/mol. The zero-order valence-electron chi connectivity index (χ0n) is 15.3. The fourth-order valence-corrected chi connectivity index (χ4v) is 3.51. The van der Waals surface area contributed by atoms with Gasteiger partial charge < -0.3 is 10.0 Å². The number of phenolic OH excluding ortho intramolecular Hbond substituents is 1. The van der Waals surface area contributed by atoms with Gasteiger partial charge in [0.15, 0.2) is 0 Å². The summed E-state index contributed by atoms with van der Waals surface area (Å²) in [6.45, 7) is 0.950. The Labute approximate surface area is 157 Å². The molecule has 0 aliphatic carbocycles. The summed E-state index contributed by atoms with van der Waals surface area (Å²) in [6, 6.07) is 16.2. The van der Waals surface area contributed by atoms with Crippen molar-refractivity contribution in [3.63, 3.8) is 0 Å². The van der Waals surface area contributed by atoms with E-state index < -0.39 is 0 Å². The summed E-state index contributed by atoms with van der Waals surface area (Å²) in [4.78, 5) is 29.3. The van der Waals surface area contributed by atoms with Gasteiger partial charge in [-0.05, 0) is 60.9 Å². The van der Waals surface area contributed by atoms with E-state index in [-0.39, 0.29) is 17.6 Å². The quantitative estimate of drug-likeness (QED) is 0.725. The third-order valence-corrected chi connectivity index (χ3v) is 4.88. The van der Waals surface area contributed by atoms with Gasteiger partial charge in [-0.3, -0.25) is 14.5 Å². The van der Waals surface area contributed by atoms with Gasteiger partial charge in [-0.15, -0.1) is 0 Å². The molecule has 5 nitrogen and oxygen atoms in total. The van der Waals surface area contributed by atoms with Crippen molar-refractivity contribution in [3.05, 3.63) is 65.7 Å². The van der Waals surface area contributed by atoms with Gasteiger partial charge in [-0.2, -0.15) is 0 Å². The van der Waals surface area contributed by atoms with Crippen molar-refractivity contribution in [2.24, 2.45) is 0 Å². The summed E-state index contributed by atoms with van der Waals surface area (Å²) in [5, 5.41) is 11.3. The topological polar surface area (TPSA) is 60.9 Å². The van der Waals surface area contributed by atoms with E-state index in [1.807, 2.05) is 49.3 Å². The number of hydrogen-bond acceptors (Lipinski definition) is 4. The number of aromatic hydroxyl groups is 1. The van der Waals surface area contributed by atoms with Crippen molar-refractivity contribution >= 4 is 22.6 Å². The minimum atomic E-state index is -0.271. The number of nitrogens with zero attached hydrogens (tertiary/aromatic N) is 2. The molecule has 0 fully saturated rings.